The molecule has 3 N–H and O–H groups in total. The number of aryl methyl sites for hydroxylation is 1. The van der Waals surface area contributed by atoms with Crippen LogP contribution in [-0.2, 0) is 6.18 Å². The summed E-state index contributed by atoms with van der Waals surface area (Å²) in [6.45, 7) is 1.86. The summed E-state index contributed by atoms with van der Waals surface area (Å²) in [6, 6.07) is 8.43. The van der Waals surface area contributed by atoms with Gasteiger partial charge >= 0.3 is 6.18 Å². The van der Waals surface area contributed by atoms with Gasteiger partial charge in [0, 0.05) is 10.7 Å². The topological polar surface area (TPSA) is 38.0 Å². The van der Waals surface area contributed by atoms with E-state index in [4.69, 9.17) is 17.3 Å². The molecule has 6 heteroatoms. The number of benzene rings is 2. The van der Waals surface area contributed by atoms with Crippen LogP contribution in [0, 0.1) is 6.92 Å². The van der Waals surface area contributed by atoms with Crippen molar-refractivity contribution in [1.82, 2.24) is 0 Å². The van der Waals surface area contributed by atoms with E-state index in [1.807, 2.05) is 13.0 Å². The molecule has 2 aromatic rings. The number of nitrogens with two attached hydrogens (primary N) is 1. The van der Waals surface area contributed by atoms with Gasteiger partial charge in [-0.05, 0) is 42.8 Å². The zero-order valence-electron chi connectivity index (χ0n) is 10.6. The van der Waals surface area contributed by atoms with Gasteiger partial charge in [-0.15, -0.1) is 0 Å². The number of nitrogens with one attached hydrogen (secondary N) is 1. The van der Waals surface area contributed by atoms with Gasteiger partial charge in [-0.1, -0.05) is 17.7 Å². The van der Waals surface area contributed by atoms with Gasteiger partial charge < -0.3 is 11.1 Å². The standard InChI is InChI=1S/C14H12ClF3N2/c1-8-2-4-10(15)7-13(8)20-12-5-3-9(6-11(12)19)14(16,17)18/h2-7,20H,19H2,1H3. The van der Waals surface area contributed by atoms with Gasteiger partial charge in [-0.3, -0.25) is 0 Å². The average molecular weight is 301 g/mol. The van der Waals surface area contributed by atoms with Crippen molar-refractivity contribution in [3.05, 3.63) is 52.5 Å². The maximum absolute atomic E-state index is 12.6. The van der Waals surface area contributed by atoms with Crippen molar-refractivity contribution in [3.8, 4) is 0 Å². The molecule has 0 atom stereocenters. The summed E-state index contributed by atoms with van der Waals surface area (Å²) in [5.74, 6) is 0. The lowest BCUT2D eigenvalue weighted by Crippen LogP contribution is -2.06. The molecule has 0 bridgehead atoms. The Hall–Kier alpha value is -1.88. The highest BCUT2D eigenvalue weighted by Gasteiger charge is 2.30. The van der Waals surface area contributed by atoms with E-state index in [0.717, 1.165) is 17.7 Å². The molecule has 0 unspecified atom stereocenters. The fourth-order valence-corrected chi connectivity index (χ4v) is 1.90. The fourth-order valence-electron chi connectivity index (χ4n) is 1.73. The minimum absolute atomic E-state index is 0.0270. The fraction of sp³-hybridized carbons (Fsp3) is 0.143. The van der Waals surface area contributed by atoms with Gasteiger partial charge in [0.2, 0.25) is 0 Å². The minimum atomic E-state index is -4.40. The van der Waals surface area contributed by atoms with Gasteiger partial charge in [0.15, 0.2) is 0 Å². The van der Waals surface area contributed by atoms with Crippen LogP contribution in [0.4, 0.5) is 30.2 Å². The molecule has 0 aromatic heterocycles. The van der Waals surface area contributed by atoms with Crippen molar-refractivity contribution in [2.75, 3.05) is 11.1 Å². The molecule has 106 valence electrons. The van der Waals surface area contributed by atoms with Crippen molar-refractivity contribution in [3.63, 3.8) is 0 Å². The summed E-state index contributed by atoms with van der Waals surface area (Å²) >= 11 is 5.89. The number of anilines is 3. The second kappa shape index (κ2) is 5.25. The zero-order valence-corrected chi connectivity index (χ0v) is 11.3. The van der Waals surface area contributed by atoms with Crippen molar-refractivity contribution < 1.29 is 13.2 Å². The summed E-state index contributed by atoms with van der Waals surface area (Å²) in [6.07, 6.45) is -4.40. The zero-order chi connectivity index (χ0) is 14.9. The predicted molar refractivity (Wildman–Crippen MR) is 75.3 cm³/mol. The van der Waals surface area contributed by atoms with E-state index in [9.17, 15) is 13.2 Å². The Bertz CT molecular complexity index is 639. The van der Waals surface area contributed by atoms with Crippen molar-refractivity contribution in [1.29, 1.82) is 0 Å². The van der Waals surface area contributed by atoms with E-state index in [0.29, 0.717) is 16.4 Å². The largest absolute Gasteiger partial charge is 0.416 e. The third-order valence-electron chi connectivity index (χ3n) is 2.85. The normalized spacial score (nSPS) is 11.4. The molecule has 0 heterocycles. The molecule has 2 aromatic carbocycles. The molecule has 0 fully saturated rings. The summed E-state index contributed by atoms with van der Waals surface area (Å²) in [5.41, 5.74) is 6.93. The predicted octanol–water partition coefficient (Wildman–Crippen LogP) is 4.99. The van der Waals surface area contributed by atoms with Crippen LogP contribution in [0.5, 0.6) is 0 Å². The van der Waals surface area contributed by atoms with E-state index in [1.165, 1.54) is 6.07 Å². The Morgan fingerprint density at radius 2 is 1.75 bits per heavy atom. The van der Waals surface area contributed by atoms with E-state index in [2.05, 4.69) is 5.32 Å². The highest BCUT2D eigenvalue weighted by molar-refractivity contribution is 6.30. The highest BCUT2D eigenvalue weighted by atomic mass is 35.5. The van der Waals surface area contributed by atoms with Crippen molar-refractivity contribution in [2.45, 2.75) is 13.1 Å². The van der Waals surface area contributed by atoms with Crippen LogP contribution in [-0.4, -0.2) is 0 Å². The highest BCUT2D eigenvalue weighted by Crippen LogP contribution is 2.34. The van der Waals surface area contributed by atoms with E-state index in [1.54, 1.807) is 12.1 Å². The lowest BCUT2D eigenvalue weighted by atomic mass is 10.1. The molecule has 0 aliphatic carbocycles. The van der Waals surface area contributed by atoms with E-state index in [-0.39, 0.29) is 5.69 Å². The molecular weight excluding hydrogens is 289 g/mol. The van der Waals surface area contributed by atoms with Gasteiger partial charge in [0.25, 0.3) is 0 Å². The minimum Gasteiger partial charge on any atom is -0.397 e. The van der Waals surface area contributed by atoms with Gasteiger partial charge in [-0.25, -0.2) is 0 Å². The van der Waals surface area contributed by atoms with Crippen LogP contribution in [0.1, 0.15) is 11.1 Å². The number of hydrogen-bond donors (Lipinski definition) is 2. The maximum atomic E-state index is 12.6. The summed E-state index contributed by atoms with van der Waals surface area (Å²) < 4.78 is 37.7. The number of rotatable bonds is 2. The summed E-state index contributed by atoms with van der Waals surface area (Å²) in [4.78, 5) is 0. The number of alkyl halides is 3. The second-order valence-corrected chi connectivity index (χ2v) is 4.82. The number of halogens is 4. The molecule has 0 saturated carbocycles. The maximum Gasteiger partial charge on any atom is 0.416 e. The van der Waals surface area contributed by atoms with Gasteiger partial charge in [0.05, 0.1) is 16.9 Å². The quantitative estimate of drug-likeness (QED) is 0.767. The van der Waals surface area contributed by atoms with Gasteiger partial charge in [0.1, 0.15) is 0 Å². The lowest BCUT2D eigenvalue weighted by molar-refractivity contribution is -0.137. The SMILES string of the molecule is Cc1ccc(Cl)cc1Nc1ccc(C(F)(F)F)cc1N. The molecule has 0 aliphatic heterocycles. The second-order valence-electron chi connectivity index (χ2n) is 4.38. The molecule has 0 spiro atoms. The molecule has 0 aliphatic rings. The molecule has 20 heavy (non-hydrogen) atoms. The summed E-state index contributed by atoms with van der Waals surface area (Å²) in [7, 11) is 0. The first-order valence-corrected chi connectivity index (χ1v) is 6.15. The Labute approximate surface area is 119 Å². The van der Waals surface area contributed by atoms with Crippen LogP contribution in [0.2, 0.25) is 5.02 Å². The van der Waals surface area contributed by atoms with Crippen LogP contribution in [0.25, 0.3) is 0 Å². The molecule has 0 saturated heterocycles. The first kappa shape index (κ1) is 14.5. The van der Waals surface area contributed by atoms with E-state index < -0.39 is 11.7 Å². The van der Waals surface area contributed by atoms with Crippen LogP contribution in [0.3, 0.4) is 0 Å². The first-order chi connectivity index (χ1) is 9.27. The first-order valence-electron chi connectivity index (χ1n) is 5.77. The van der Waals surface area contributed by atoms with Crippen molar-refractivity contribution >= 4 is 28.7 Å². The molecule has 0 amide bonds. The Kier molecular flexibility index (Phi) is 3.81. The average Bonchev–Trinajstić information content (AvgIpc) is 2.35. The van der Waals surface area contributed by atoms with Crippen LogP contribution in [0.15, 0.2) is 36.4 Å². The summed E-state index contributed by atoms with van der Waals surface area (Å²) in [5, 5.41) is 3.51. The third-order valence-corrected chi connectivity index (χ3v) is 3.08. The number of nitrogen functional groups attached to an aromatic ring is 1. The van der Waals surface area contributed by atoms with Crippen molar-refractivity contribution in [2.24, 2.45) is 0 Å². The van der Waals surface area contributed by atoms with Gasteiger partial charge in [-0.2, -0.15) is 13.2 Å². The van der Waals surface area contributed by atoms with Crippen LogP contribution < -0.4 is 11.1 Å². The molecule has 2 nitrogen and oxygen atoms in total. The van der Waals surface area contributed by atoms with Crippen LogP contribution >= 0.6 is 11.6 Å². The Balaban J connectivity index is 2.33. The molecule has 2 rings (SSSR count). The molecule has 0 radical (unpaired) electrons. The lowest BCUT2D eigenvalue weighted by Gasteiger charge is -2.14. The third kappa shape index (κ3) is 3.17. The van der Waals surface area contributed by atoms with E-state index >= 15 is 0 Å². The monoisotopic (exact) mass is 300 g/mol. The smallest absolute Gasteiger partial charge is 0.397 e. The Morgan fingerprint density at radius 3 is 2.35 bits per heavy atom. The molecular formula is C14H12ClF3N2. The Morgan fingerprint density at radius 1 is 1.05 bits per heavy atom. The number of hydrogen-bond acceptors (Lipinski definition) is 2.